The normalized spacial score (nSPS) is 24.5. The molecule has 0 saturated carbocycles. The molecule has 2 atom stereocenters. The minimum absolute atomic E-state index is 0.191. The summed E-state index contributed by atoms with van der Waals surface area (Å²) < 4.78 is 5.58. The van der Waals surface area contributed by atoms with E-state index in [9.17, 15) is 4.79 Å². The second-order valence-electron chi connectivity index (χ2n) is 7.39. The van der Waals surface area contributed by atoms with E-state index in [0.29, 0.717) is 11.1 Å². The van der Waals surface area contributed by atoms with Gasteiger partial charge in [-0.25, -0.2) is 9.78 Å². The molecule has 0 N–H and O–H groups in total. The number of anilines is 1. The van der Waals surface area contributed by atoms with Crippen molar-refractivity contribution in [2.75, 3.05) is 24.5 Å². The maximum absolute atomic E-state index is 12.5. The number of carbonyl (C=O) groups excluding carboxylic acids is 1. The lowest BCUT2D eigenvalue weighted by Gasteiger charge is -2.37. The van der Waals surface area contributed by atoms with Gasteiger partial charge in [0.05, 0.1) is 17.9 Å². The van der Waals surface area contributed by atoms with Crippen LogP contribution in [0.3, 0.4) is 0 Å². The van der Waals surface area contributed by atoms with Gasteiger partial charge in [0.2, 0.25) is 0 Å². The molecule has 3 rings (SSSR count). The summed E-state index contributed by atoms with van der Waals surface area (Å²) in [6.45, 7) is 8.29. The third kappa shape index (κ3) is 3.71. The molecule has 1 aromatic rings. The van der Waals surface area contributed by atoms with E-state index in [4.69, 9.17) is 16.3 Å². The number of aromatic nitrogens is 1. The lowest BCUT2D eigenvalue weighted by atomic mass is 9.92. The number of carbonyl (C=O) groups is 1. The van der Waals surface area contributed by atoms with Crippen LogP contribution in [0.4, 0.5) is 10.5 Å². The second kappa shape index (κ2) is 6.19. The zero-order valence-electron chi connectivity index (χ0n) is 14.0. The molecule has 1 amide bonds. The maximum atomic E-state index is 12.5. The Morgan fingerprint density at radius 1 is 1.35 bits per heavy atom. The minimum Gasteiger partial charge on any atom is -0.444 e. The van der Waals surface area contributed by atoms with Gasteiger partial charge in [0.15, 0.2) is 0 Å². The zero-order chi connectivity index (χ0) is 16.6. The van der Waals surface area contributed by atoms with Crippen molar-refractivity contribution in [1.82, 2.24) is 9.88 Å². The van der Waals surface area contributed by atoms with Gasteiger partial charge in [0, 0.05) is 19.6 Å². The van der Waals surface area contributed by atoms with Crippen LogP contribution in [0, 0.1) is 5.92 Å². The van der Waals surface area contributed by atoms with Gasteiger partial charge < -0.3 is 14.5 Å². The highest BCUT2D eigenvalue weighted by Crippen LogP contribution is 2.34. The summed E-state index contributed by atoms with van der Waals surface area (Å²) >= 11 is 5.87. The van der Waals surface area contributed by atoms with E-state index >= 15 is 0 Å². The standard InChI is InChI=1S/C17H24ClN3O2/c1-17(2,3)23-16(22)21-8-4-5-12-10-20(11-14(12)21)13-6-7-15(18)19-9-13/h6-7,9,12,14H,4-5,8,10-11H2,1-3H3/t12-,14+/m1/s1. The van der Waals surface area contributed by atoms with Crippen LogP contribution < -0.4 is 4.90 Å². The Kier molecular flexibility index (Phi) is 4.41. The van der Waals surface area contributed by atoms with E-state index in [2.05, 4.69) is 9.88 Å². The molecule has 23 heavy (non-hydrogen) atoms. The van der Waals surface area contributed by atoms with Crippen LogP contribution in [0.5, 0.6) is 0 Å². The first-order valence-electron chi connectivity index (χ1n) is 8.19. The van der Waals surface area contributed by atoms with Gasteiger partial charge in [-0.05, 0) is 51.7 Å². The van der Waals surface area contributed by atoms with Crippen molar-refractivity contribution < 1.29 is 9.53 Å². The number of amides is 1. The lowest BCUT2D eigenvalue weighted by Crippen LogP contribution is -2.50. The molecule has 5 nitrogen and oxygen atoms in total. The van der Waals surface area contributed by atoms with E-state index in [1.54, 1.807) is 6.20 Å². The van der Waals surface area contributed by atoms with Crippen LogP contribution in [0.25, 0.3) is 0 Å². The van der Waals surface area contributed by atoms with E-state index in [1.807, 2.05) is 37.8 Å². The Bertz CT molecular complexity index is 570. The first-order valence-corrected chi connectivity index (χ1v) is 8.57. The Balaban J connectivity index is 1.72. The second-order valence-corrected chi connectivity index (χ2v) is 7.77. The van der Waals surface area contributed by atoms with Gasteiger partial charge in [-0.1, -0.05) is 11.6 Å². The molecular formula is C17H24ClN3O2. The molecule has 0 bridgehead atoms. The summed E-state index contributed by atoms with van der Waals surface area (Å²) in [5.74, 6) is 0.493. The molecule has 0 aromatic carbocycles. The molecular weight excluding hydrogens is 314 g/mol. The Hall–Kier alpha value is -1.49. The molecule has 1 aromatic heterocycles. The van der Waals surface area contributed by atoms with Crippen molar-refractivity contribution in [3.05, 3.63) is 23.5 Å². The van der Waals surface area contributed by atoms with Gasteiger partial charge in [0.25, 0.3) is 0 Å². The van der Waals surface area contributed by atoms with Crippen LogP contribution >= 0.6 is 11.6 Å². The molecule has 3 heterocycles. The molecule has 2 aliphatic heterocycles. The number of pyridine rings is 1. The lowest BCUT2D eigenvalue weighted by molar-refractivity contribution is 0.00670. The summed E-state index contributed by atoms with van der Waals surface area (Å²) in [7, 11) is 0. The van der Waals surface area contributed by atoms with E-state index in [-0.39, 0.29) is 12.1 Å². The largest absolute Gasteiger partial charge is 0.444 e. The number of rotatable bonds is 1. The maximum Gasteiger partial charge on any atom is 0.410 e. The highest BCUT2D eigenvalue weighted by atomic mass is 35.5. The third-order valence-electron chi connectivity index (χ3n) is 4.49. The number of fused-ring (bicyclic) bond motifs is 1. The van der Waals surface area contributed by atoms with Crippen LogP contribution in [0.1, 0.15) is 33.6 Å². The molecule has 6 heteroatoms. The predicted octanol–water partition coefficient (Wildman–Crippen LogP) is 3.57. The number of ether oxygens (including phenoxy) is 1. The van der Waals surface area contributed by atoms with Gasteiger partial charge in [-0.3, -0.25) is 0 Å². The van der Waals surface area contributed by atoms with Gasteiger partial charge in [-0.2, -0.15) is 0 Å². The fraction of sp³-hybridized carbons (Fsp3) is 0.647. The number of hydrogen-bond donors (Lipinski definition) is 0. The zero-order valence-corrected chi connectivity index (χ0v) is 14.7. The number of nitrogens with zero attached hydrogens (tertiary/aromatic N) is 3. The first kappa shape index (κ1) is 16.4. The SMILES string of the molecule is CC(C)(C)OC(=O)N1CCC[C@@H]2CN(c3ccc(Cl)nc3)C[C@@H]21. The van der Waals surface area contributed by atoms with E-state index in [1.165, 1.54) is 0 Å². The van der Waals surface area contributed by atoms with Gasteiger partial charge in [0.1, 0.15) is 10.8 Å². The summed E-state index contributed by atoms with van der Waals surface area (Å²) in [4.78, 5) is 20.9. The Labute approximate surface area is 142 Å². The van der Waals surface area contributed by atoms with Gasteiger partial charge >= 0.3 is 6.09 Å². The summed E-state index contributed by atoms with van der Waals surface area (Å²) in [5.41, 5.74) is 0.607. The fourth-order valence-corrected chi connectivity index (χ4v) is 3.61. The molecule has 0 aliphatic carbocycles. The minimum atomic E-state index is -0.456. The Morgan fingerprint density at radius 3 is 2.78 bits per heavy atom. The molecule has 0 radical (unpaired) electrons. The summed E-state index contributed by atoms with van der Waals surface area (Å²) in [6, 6.07) is 4.02. The number of piperidine rings is 1. The molecule has 2 saturated heterocycles. The Morgan fingerprint density at radius 2 is 2.13 bits per heavy atom. The topological polar surface area (TPSA) is 45.7 Å². The molecule has 2 aliphatic rings. The first-order chi connectivity index (χ1) is 10.8. The fourth-order valence-electron chi connectivity index (χ4n) is 3.49. The smallest absolute Gasteiger partial charge is 0.410 e. The predicted molar refractivity (Wildman–Crippen MR) is 90.9 cm³/mol. The number of likely N-dealkylation sites (tertiary alicyclic amines) is 1. The van der Waals surface area contributed by atoms with E-state index in [0.717, 1.165) is 38.2 Å². The molecule has 2 fully saturated rings. The van der Waals surface area contributed by atoms with Crippen molar-refractivity contribution in [3.8, 4) is 0 Å². The number of halogens is 1. The van der Waals surface area contributed by atoms with Crippen LogP contribution in [0.15, 0.2) is 18.3 Å². The molecule has 0 spiro atoms. The highest BCUT2D eigenvalue weighted by molar-refractivity contribution is 6.29. The van der Waals surface area contributed by atoms with Crippen LogP contribution in [0.2, 0.25) is 5.15 Å². The summed E-state index contributed by atoms with van der Waals surface area (Å²) in [5, 5.41) is 0.501. The summed E-state index contributed by atoms with van der Waals surface area (Å²) in [6.07, 6.45) is 3.80. The quantitative estimate of drug-likeness (QED) is 0.735. The van der Waals surface area contributed by atoms with Crippen molar-refractivity contribution >= 4 is 23.4 Å². The van der Waals surface area contributed by atoms with Crippen molar-refractivity contribution in [1.29, 1.82) is 0 Å². The van der Waals surface area contributed by atoms with Gasteiger partial charge in [-0.15, -0.1) is 0 Å². The van der Waals surface area contributed by atoms with Crippen LogP contribution in [-0.2, 0) is 4.74 Å². The third-order valence-corrected chi connectivity index (χ3v) is 4.71. The molecule has 126 valence electrons. The van der Waals surface area contributed by atoms with Crippen molar-refractivity contribution in [2.45, 2.75) is 45.3 Å². The van der Waals surface area contributed by atoms with Crippen molar-refractivity contribution in [2.24, 2.45) is 5.92 Å². The van der Waals surface area contributed by atoms with Crippen LogP contribution in [-0.4, -0.2) is 47.3 Å². The van der Waals surface area contributed by atoms with Crippen molar-refractivity contribution in [3.63, 3.8) is 0 Å². The molecule has 0 unspecified atom stereocenters. The number of hydrogen-bond acceptors (Lipinski definition) is 4. The highest BCUT2D eigenvalue weighted by Gasteiger charge is 2.42. The monoisotopic (exact) mass is 337 g/mol. The van der Waals surface area contributed by atoms with E-state index < -0.39 is 5.60 Å². The average Bonchev–Trinajstić information content (AvgIpc) is 2.89. The average molecular weight is 338 g/mol.